The highest BCUT2D eigenvalue weighted by atomic mass is 16.6. The zero-order valence-corrected chi connectivity index (χ0v) is 14.3. The number of non-ortho nitro benzene ring substituents is 1. The highest BCUT2D eigenvalue weighted by Gasteiger charge is 2.17. The maximum absolute atomic E-state index is 12.1. The van der Waals surface area contributed by atoms with E-state index < -0.39 is 11.0 Å². The average Bonchev–Trinajstić information content (AvgIpc) is 3.11. The van der Waals surface area contributed by atoms with Crippen LogP contribution in [0.2, 0.25) is 0 Å². The summed E-state index contributed by atoms with van der Waals surface area (Å²) in [4.78, 5) is 22.3. The molecular weight excluding hydrogens is 324 g/mol. The summed E-state index contributed by atoms with van der Waals surface area (Å²) in [6.07, 6.45) is 2.72. The van der Waals surface area contributed by atoms with Gasteiger partial charge in [-0.05, 0) is 24.1 Å². The number of hydrogen-bond acceptors (Lipinski definition) is 5. The molecule has 0 aliphatic rings. The lowest BCUT2D eigenvalue weighted by Crippen LogP contribution is -2.36. The Morgan fingerprint density at radius 2 is 1.92 bits per heavy atom. The summed E-state index contributed by atoms with van der Waals surface area (Å²) in [6, 6.07) is 7.43. The van der Waals surface area contributed by atoms with Gasteiger partial charge in [0.05, 0.1) is 16.7 Å². The minimum absolute atomic E-state index is 0.00994. The molecule has 134 valence electrons. The second-order valence-electron chi connectivity index (χ2n) is 5.77. The Kier molecular flexibility index (Phi) is 6.24. The Labute approximate surface area is 145 Å². The third-order valence-corrected chi connectivity index (χ3v) is 4.21. The lowest BCUT2D eigenvalue weighted by molar-refractivity contribution is -0.384. The molecule has 0 aliphatic heterocycles. The SMILES string of the molecule is CCC(CC)[C@@H](O)CNC(=O)c1ccn(-c2ccc([N+](=O)[O-])cc2)n1. The van der Waals surface area contributed by atoms with Crippen molar-refractivity contribution in [2.24, 2.45) is 5.92 Å². The van der Waals surface area contributed by atoms with E-state index in [-0.39, 0.29) is 29.8 Å². The summed E-state index contributed by atoms with van der Waals surface area (Å²) >= 11 is 0. The number of nitrogens with one attached hydrogen (secondary N) is 1. The van der Waals surface area contributed by atoms with Crippen molar-refractivity contribution in [2.45, 2.75) is 32.8 Å². The summed E-state index contributed by atoms with van der Waals surface area (Å²) in [5.41, 5.74) is 0.820. The van der Waals surface area contributed by atoms with Gasteiger partial charge in [-0.25, -0.2) is 4.68 Å². The van der Waals surface area contributed by atoms with E-state index in [1.54, 1.807) is 24.4 Å². The third-order valence-electron chi connectivity index (χ3n) is 4.21. The Hall–Kier alpha value is -2.74. The first kappa shape index (κ1) is 18.6. The molecule has 0 unspecified atom stereocenters. The molecule has 0 aliphatic carbocycles. The van der Waals surface area contributed by atoms with Crippen LogP contribution in [0.1, 0.15) is 37.2 Å². The molecular formula is C17H22N4O4. The van der Waals surface area contributed by atoms with Crippen molar-refractivity contribution in [1.29, 1.82) is 0 Å². The van der Waals surface area contributed by atoms with Crippen molar-refractivity contribution >= 4 is 11.6 Å². The molecule has 1 aromatic heterocycles. The first-order chi connectivity index (χ1) is 12.0. The van der Waals surface area contributed by atoms with Crippen LogP contribution in [0.5, 0.6) is 0 Å². The van der Waals surface area contributed by atoms with Crippen LogP contribution in [0, 0.1) is 16.0 Å². The monoisotopic (exact) mass is 346 g/mol. The lowest BCUT2D eigenvalue weighted by Gasteiger charge is -2.19. The molecule has 1 atom stereocenters. The van der Waals surface area contributed by atoms with Crippen molar-refractivity contribution < 1.29 is 14.8 Å². The van der Waals surface area contributed by atoms with Crippen LogP contribution in [0.4, 0.5) is 5.69 Å². The molecule has 0 spiro atoms. The summed E-state index contributed by atoms with van der Waals surface area (Å²) in [7, 11) is 0. The van der Waals surface area contributed by atoms with Gasteiger partial charge in [0.1, 0.15) is 0 Å². The van der Waals surface area contributed by atoms with Crippen LogP contribution in [0.3, 0.4) is 0 Å². The second kappa shape index (κ2) is 8.39. The molecule has 1 aromatic carbocycles. The topological polar surface area (TPSA) is 110 Å². The van der Waals surface area contributed by atoms with Gasteiger partial charge in [0.15, 0.2) is 5.69 Å². The second-order valence-corrected chi connectivity index (χ2v) is 5.77. The number of hydrogen-bond donors (Lipinski definition) is 2. The molecule has 0 saturated heterocycles. The number of amides is 1. The first-order valence-corrected chi connectivity index (χ1v) is 8.23. The number of aromatic nitrogens is 2. The fraction of sp³-hybridized carbons (Fsp3) is 0.412. The van der Waals surface area contributed by atoms with Crippen molar-refractivity contribution in [3.05, 3.63) is 52.3 Å². The molecule has 0 radical (unpaired) electrons. The van der Waals surface area contributed by atoms with Crippen molar-refractivity contribution in [2.75, 3.05) is 6.54 Å². The van der Waals surface area contributed by atoms with Crippen molar-refractivity contribution in [3.63, 3.8) is 0 Å². The Morgan fingerprint density at radius 1 is 1.28 bits per heavy atom. The molecule has 0 saturated carbocycles. The minimum Gasteiger partial charge on any atom is -0.391 e. The van der Waals surface area contributed by atoms with Gasteiger partial charge in [0.2, 0.25) is 0 Å². The molecule has 0 fully saturated rings. The van der Waals surface area contributed by atoms with Gasteiger partial charge < -0.3 is 10.4 Å². The molecule has 1 amide bonds. The number of nitro benzene ring substituents is 1. The van der Waals surface area contributed by atoms with E-state index in [4.69, 9.17) is 0 Å². The quantitative estimate of drug-likeness (QED) is 0.563. The van der Waals surface area contributed by atoms with E-state index in [9.17, 15) is 20.0 Å². The molecule has 2 rings (SSSR count). The molecule has 25 heavy (non-hydrogen) atoms. The van der Waals surface area contributed by atoms with Crippen LogP contribution in [0.25, 0.3) is 5.69 Å². The van der Waals surface area contributed by atoms with Gasteiger partial charge in [0.25, 0.3) is 11.6 Å². The fourth-order valence-corrected chi connectivity index (χ4v) is 2.60. The number of aliphatic hydroxyl groups excluding tert-OH is 1. The number of rotatable bonds is 8. The van der Waals surface area contributed by atoms with Gasteiger partial charge in [0, 0.05) is 24.9 Å². The summed E-state index contributed by atoms with van der Waals surface area (Å²) in [6.45, 7) is 4.19. The molecule has 8 heteroatoms. The van der Waals surface area contributed by atoms with Crippen LogP contribution in [0.15, 0.2) is 36.5 Å². The largest absolute Gasteiger partial charge is 0.391 e. The average molecular weight is 346 g/mol. The van der Waals surface area contributed by atoms with E-state index in [1.165, 1.54) is 16.8 Å². The van der Waals surface area contributed by atoms with Crippen LogP contribution in [-0.4, -0.2) is 38.4 Å². The standard InChI is InChI=1S/C17H22N4O4/c1-3-12(4-2)16(22)11-18-17(23)15-9-10-20(19-15)13-5-7-14(8-6-13)21(24)25/h5-10,12,16,22H,3-4,11H2,1-2H3,(H,18,23)/t16-/m0/s1. The predicted molar refractivity (Wildman–Crippen MR) is 92.6 cm³/mol. The zero-order chi connectivity index (χ0) is 18.4. The van der Waals surface area contributed by atoms with Gasteiger partial charge >= 0.3 is 0 Å². The Morgan fingerprint density at radius 3 is 2.48 bits per heavy atom. The fourth-order valence-electron chi connectivity index (χ4n) is 2.60. The lowest BCUT2D eigenvalue weighted by atomic mass is 9.96. The van der Waals surface area contributed by atoms with E-state index in [1.807, 2.05) is 13.8 Å². The predicted octanol–water partition coefficient (Wildman–Crippen LogP) is 2.31. The van der Waals surface area contributed by atoms with Crippen molar-refractivity contribution in [1.82, 2.24) is 15.1 Å². The van der Waals surface area contributed by atoms with Crippen molar-refractivity contribution in [3.8, 4) is 5.69 Å². The maximum atomic E-state index is 12.1. The van der Waals surface area contributed by atoms with Crippen LogP contribution < -0.4 is 5.32 Å². The van der Waals surface area contributed by atoms with E-state index in [0.717, 1.165) is 12.8 Å². The number of carbonyl (C=O) groups is 1. The molecule has 2 aromatic rings. The Balaban J connectivity index is 2.00. The zero-order valence-electron chi connectivity index (χ0n) is 14.3. The Bertz CT molecular complexity index is 723. The molecule has 8 nitrogen and oxygen atoms in total. The molecule has 2 N–H and O–H groups in total. The first-order valence-electron chi connectivity index (χ1n) is 8.23. The maximum Gasteiger partial charge on any atom is 0.271 e. The summed E-state index contributed by atoms with van der Waals surface area (Å²) in [5, 5.41) is 27.6. The van der Waals surface area contributed by atoms with Crippen LogP contribution in [-0.2, 0) is 0 Å². The minimum atomic E-state index is -0.587. The smallest absolute Gasteiger partial charge is 0.271 e. The number of nitro groups is 1. The van der Waals surface area contributed by atoms with Gasteiger partial charge in [-0.3, -0.25) is 14.9 Å². The van der Waals surface area contributed by atoms with Gasteiger partial charge in [-0.15, -0.1) is 0 Å². The summed E-state index contributed by atoms with van der Waals surface area (Å²) in [5.74, 6) is -0.219. The molecule has 0 bridgehead atoms. The van der Waals surface area contributed by atoms with E-state index >= 15 is 0 Å². The van der Waals surface area contributed by atoms with Crippen LogP contribution >= 0.6 is 0 Å². The number of benzene rings is 1. The molecule has 1 heterocycles. The van der Waals surface area contributed by atoms with Gasteiger partial charge in [-0.2, -0.15) is 5.10 Å². The third kappa shape index (κ3) is 4.63. The summed E-state index contributed by atoms with van der Waals surface area (Å²) < 4.78 is 1.47. The number of nitrogens with zero attached hydrogens (tertiary/aromatic N) is 3. The highest BCUT2D eigenvalue weighted by Crippen LogP contribution is 2.15. The van der Waals surface area contributed by atoms with E-state index in [2.05, 4.69) is 10.4 Å². The normalized spacial score (nSPS) is 12.2. The van der Waals surface area contributed by atoms with Gasteiger partial charge in [-0.1, -0.05) is 26.7 Å². The number of carbonyl (C=O) groups excluding carboxylic acids is 1. The number of aliphatic hydroxyl groups is 1. The van der Waals surface area contributed by atoms with E-state index in [0.29, 0.717) is 5.69 Å². The highest BCUT2D eigenvalue weighted by molar-refractivity contribution is 5.92.